The highest BCUT2D eigenvalue weighted by molar-refractivity contribution is 6.02. The molecule has 3 rings (SSSR count). The SMILES string of the molecule is CN1CC(=O)N(CCCC(=O)Nc2ccc3ccccc3c2)C1=O. The van der Waals surface area contributed by atoms with Crippen molar-refractivity contribution in [3.63, 3.8) is 0 Å². The summed E-state index contributed by atoms with van der Waals surface area (Å²) in [6.45, 7) is 0.384. The first kappa shape index (κ1) is 16.0. The van der Waals surface area contributed by atoms with Gasteiger partial charge in [-0.2, -0.15) is 0 Å². The molecule has 1 heterocycles. The van der Waals surface area contributed by atoms with Crippen LogP contribution in [0.3, 0.4) is 0 Å². The molecule has 0 radical (unpaired) electrons. The van der Waals surface area contributed by atoms with E-state index in [0.29, 0.717) is 6.42 Å². The summed E-state index contributed by atoms with van der Waals surface area (Å²) in [4.78, 5) is 38.0. The molecular weight excluding hydrogens is 306 g/mol. The highest BCUT2D eigenvalue weighted by atomic mass is 16.2. The number of urea groups is 1. The van der Waals surface area contributed by atoms with E-state index in [1.807, 2.05) is 42.5 Å². The van der Waals surface area contributed by atoms with Gasteiger partial charge in [-0.15, -0.1) is 0 Å². The molecule has 1 saturated heterocycles. The fourth-order valence-corrected chi connectivity index (χ4v) is 2.78. The van der Waals surface area contributed by atoms with Gasteiger partial charge in [-0.25, -0.2) is 4.79 Å². The zero-order valence-corrected chi connectivity index (χ0v) is 13.5. The summed E-state index contributed by atoms with van der Waals surface area (Å²) in [5.74, 6) is -0.338. The van der Waals surface area contributed by atoms with Gasteiger partial charge in [-0.1, -0.05) is 30.3 Å². The zero-order valence-electron chi connectivity index (χ0n) is 13.5. The fourth-order valence-electron chi connectivity index (χ4n) is 2.78. The van der Waals surface area contributed by atoms with Crippen LogP contribution in [0.2, 0.25) is 0 Å². The monoisotopic (exact) mass is 325 g/mol. The third-order valence-electron chi connectivity index (χ3n) is 4.05. The van der Waals surface area contributed by atoms with Crippen molar-refractivity contribution >= 4 is 34.3 Å². The molecule has 24 heavy (non-hydrogen) atoms. The number of nitrogens with one attached hydrogen (secondary N) is 1. The number of nitrogens with zero attached hydrogens (tertiary/aromatic N) is 2. The Balaban J connectivity index is 1.52. The van der Waals surface area contributed by atoms with Crippen LogP contribution in [0.4, 0.5) is 10.5 Å². The van der Waals surface area contributed by atoms with Crippen LogP contribution >= 0.6 is 0 Å². The Labute approximate surface area is 140 Å². The van der Waals surface area contributed by atoms with Crippen molar-refractivity contribution in [2.75, 3.05) is 25.5 Å². The average molecular weight is 325 g/mol. The van der Waals surface area contributed by atoms with Crippen molar-refractivity contribution in [3.8, 4) is 0 Å². The molecule has 6 heteroatoms. The van der Waals surface area contributed by atoms with Gasteiger partial charge >= 0.3 is 6.03 Å². The lowest BCUT2D eigenvalue weighted by atomic mass is 10.1. The molecule has 4 amide bonds. The van der Waals surface area contributed by atoms with Crippen LogP contribution in [0.25, 0.3) is 10.8 Å². The summed E-state index contributed by atoms with van der Waals surface area (Å²) in [6.07, 6.45) is 0.707. The summed E-state index contributed by atoms with van der Waals surface area (Å²) in [7, 11) is 1.59. The molecule has 0 aliphatic carbocycles. The van der Waals surface area contributed by atoms with E-state index in [2.05, 4.69) is 5.32 Å². The maximum atomic E-state index is 12.0. The number of carbonyl (C=O) groups is 3. The number of amides is 4. The Morgan fingerprint density at radius 1 is 1.12 bits per heavy atom. The Bertz CT molecular complexity index is 803. The topological polar surface area (TPSA) is 69.7 Å². The van der Waals surface area contributed by atoms with E-state index in [9.17, 15) is 14.4 Å². The number of likely N-dealkylation sites (N-methyl/N-ethyl adjacent to an activating group) is 1. The van der Waals surface area contributed by atoms with Crippen LogP contribution in [0.1, 0.15) is 12.8 Å². The van der Waals surface area contributed by atoms with E-state index >= 15 is 0 Å². The van der Waals surface area contributed by atoms with Crippen molar-refractivity contribution in [2.45, 2.75) is 12.8 Å². The summed E-state index contributed by atoms with van der Waals surface area (Å²) in [6, 6.07) is 13.4. The number of imide groups is 1. The van der Waals surface area contributed by atoms with Crippen molar-refractivity contribution in [1.82, 2.24) is 9.80 Å². The molecule has 0 bridgehead atoms. The molecule has 0 atom stereocenters. The van der Waals surface area contributed by atoms with E-state index in [4.69, 9.17) is 0 Å². The highest BCUT2D eigenvalue weighted by Crippen LogP contribution is 2.19. The number of hydrogen-bond acceptors (Lipinski definition) is 3. The van der Waals surface area contributed by atoms with Gasteiger partial charge in [0.05, 0.1) is 0 Å². The molecule has 0 spiro atoms. The quantitative estimate of drug-likeness (QED) is 0.859. The Kier molecular flexibility index (Phi) is 4.46. The minimum absolute atomic E-state index is 0.113. The predicted molar refractivity (Wildman–Crippen MR) is 91.6 cm³/mol. The lowest BCUT2D eigenvalue weighted by molar-refractivity contribution is -0.125. The number of anilines is 1. The van der Waals surface area contributed by atoms with Crippen molar-refractivity contribution in [3.05, 3.63) is 42.5 Å². The first-order valence-corrected chi connectivity index (χ1v) is 7.89. The van der Waals surface area contributed by atoms with Crippen LogP contribution in [-0.2, 0) is 9.59 Å². The first-order chi connectivity index (χ1) is 11.5. The highest BCUT2D eigenvalue weighted by Gasteiger charge is 2.32. The van der Waals surface area contributed by atoms with Gasteiger partial charge in [0.25, 0.3) is 0 Å². The number of carbonyl (C=O) groups excluding carboxylic acids is 3. The number of rotatable bonds is 5. The minimum Gasteiger partial charge on any atom is -0.326 e. The lowest BCUT2D eigenvalue weighted by Gasteiger charge is -2.13. The van der Waals surface area contributed by atoms with Gasteiger partial charge in [-0.05, 0) is 29.3 Å². The summed E-state index contributed by atoms with van der Waals surface area (Å²) in [5.41, 5.74) is 0.742. The van der Waals surface area contributed by atoms with Gasteiger partial charge in [0.2, 0.25) is 11.8 Å². The van der Waals surface area contributed by atoms with Crippen molar-refractivity contribution in [1.29, 1.82) is 0 Å². The van der Waals surface area contributed by atoms with E-state index < -0.39 is 0 Å². The van der Waals surface area contributed by atoms with Crippen LogP contribution in [0.15, 0.2) is 42.5 Å². The molecule has 1 N–H and O–H groups in total. The first-order valence-electron chi connectivity index (χ1n) is 7.89. The van der Waals surface area contributed by atoms with Crippen molar-refractivity contribution < 1.29 is 14.4 Å². The van der Waals surface area contributed by atoms with Gasteiger partial charge in [0, 0.05) is 25.7 Å². The second kappa shape index (κ2) is 6.70. The maximum absolute atomic E-state index is 12.0. The van der Waals surface area contributed by atoms with Gasteiger partial charge in [-0.3, -0.25) is 14.5 Å². The molecular formula is C18H19N3O3. The molecule has 1 fully saturated rings. The molecule has 1 aliphatic rings. The largest absolute Gasteiger partial charge is 0.326 e. The second-order valence-corrected chi connectivity index (χ2v) is 5.90. The fraction of sp³-hybridized carbons (Fsp3) is 0.278. The number of benzene rings is 2. The van der Waals surface area contributed by atoms with E-state index in [0.717, 1.165) is 16.5 Å². The zero-order chi connectivity index (χ0) is 17.1. The Morgan fingerprint density at radius 3 is 2.58 bits per heavy atom. The van der Waals surface area contributed by atoms with Gasteiger partial charge < -0.3 is 10.2 Å². The third kappa shape index (κ3) is 3.37. The predicted octanol–water partition coefficient (Wildman–Crippen LogP) is 2.45. The molecule has 2 aromatic rings. The van der Waals surface area contributed by atoms with Gasteiger partial charge in [0.15, 0.2) is 0 Å². The molecule has 6 nitrogen and oxygen atoms in total. The maximum Gasteiger partial charge on any atom is 0.326 e. The normalized spacial score (nSPS) is 14.5. The van der Waals surface area contributed by atoms with Gasteiger partial charge in [0.1, 0.15) is 6.54 Å². The minimum atomic E-state index is -0.296. The molecule has 2 aromatic carbocycles. The van der Waals surface area contributed by atoms with Crippen LogP contribution in [0, 0.1) is 0 Å². The lowest BCUT2D eigenvalue weighted by Crippen LogP contribution is -2.32. The van der Waals surface area contributed by atoms with E-state index in [1.165, 1.54) is 9.80 Å². The van der Waals surface area contributed by atoms with Crippen molar-refractivity contribution in [2.24, 2.45) is 0 Å². The smallest absolute Gasteiger partial charge is 0.326 e. The number of fused-ring (bicyclic) bond motifs is 1. The Morgan fingerprint density at radius 2 is 1.88 bits per heavy atom. The average Bonchev–Trinajstić information content (AvgIpc) is 2.81. The van der Waals surface area contributed by atoms with E-state index in [1.54, 1.807) is 7.05 Å². The molecule has 1 aliphatic heterocycles. The summed E-state index contributed by atoms with van der Waals surface area (Å²) < 4.78 is 0. The summed E-state index contributed by atoms with van der Waals surface area (Å²) >= 11 is 0. The Hall–Kier alpha value is -2.89. The standard InChI is InChI=1S/C18H19N3O3/c1-20-12-17(23)21(18(20)24)10-4-7-16(22)19-15-9-8-13-5-2-3-6-14(13)11-15/h2-3,5-6,8-9,11H,4,7,10,12H2,1H3,(H,19,22). The van der Waals surface area contributed by atoms with E-state index in [-0.39, 0.29) is 37.4 Å². The summed E-state index contributed by atoms with van der Waals surface area (Å²) in [5, 5.41) is 5.03. The third-order valence-corrected chi connectivity index (χ3v) is 4.05. The molecule has 0 saturated carbocycles. The molecule has 0 unspecified atom stereocenters. The van der Waals surface area contributed by atoms with Crippen LogP contribution in [-0.4, -0.2) is 47.8 Å². The molecule has 124 valence electrons. The number of hydrogen-bond donors (Lipinski definition) is 1. The van der Waals surface area contributed by atoms with Crippen LogP contribution in [0.5, 0.6) is 0 Å². The molecule has 0 aromatic heterocycles. The second-order valence-electron chi connectivity index (χ2n) is 5.90. The van der Waals surface area contributed by atoms with Crippen LogP contribution < -0.4 is 5.32 Å².